The van der Waals surface area contributed by atoms with Crippen LogP contribution in [0.15, 0.2) is 39.5 Å². The monoisotopic (exact) mass is 368 g/mol. The number of methoxy groups -OCH3 is 1. The van der Waals surface area contributed by atoms with E-state index in [4.69, 9.17) is 13.9 Å². The predicted molar refractivity (Wildman–Crippen MR) is 101 cm³/mol. The van der Waals surface area contributed by atoms with E-state index in [0.29, 0.717) is 29.1 Å². The Morgan fingerprint density at radius 2 is 1.85 bits per heavy atom. The van der Waals surface area contributed by atoms with Crippen LogP contribution in [0.5, 0.6) is 23.0 Å². The van der Waals surface area contributed by atoms with Crippen LogP contribution in [0.2, 0.25) is 0 Å². The van der Waals surface area contributed by atoms with Crippen molar-refractivity contribution in [3.05, 3.63) is 46.1 Å². The molecule has 27 heavy (non-hydrogen) atoms. The second kappa shape index (κ2) is 5.94. The van der Waals surface area contributed by atoms with Crippen LogP contribution < -0.4 is 14.9 Å². The Morgan fingerprint density at radius 3 is 2.52 bits per heavy atom. The fraction of sp³-hybridized carbons (Fsp3) is 0.286. The van der Waals surface area contributed by atoms with Gasteiger partial charge in [0, 0.05) is 17.2 Å². The van der Waals surface area contributed by atoms with Gasteiger partial charge in [0.1, 0.15) is 33.8 Å². The van der Waals surface area contributed by atoms with Gasteiger partial charge >= 0.3 is 0 Å². The molecule has 0 saturated heterocycles. The van der Waals surface area contributed by atoms with E-state index in [1.165, 1.54) is 19.2 Å². The Kier molecular flexibility index (Phi) is 3.80. The molecular weight excluding hydrogens is 348 g/mol. The topological polar surface area (TPSA) is 89.1 Å². The number of ether oxygens (including phenoxy) is 2. The number of hydrogen-bond donors (Lipinski definition) is 2. The zero-order valence-electron chi connectivity index (χ0n) is 15.3. The molecule has 0 unspecified atom stereocenters. The predicted octanol–water partition coefficient (Wildman–Crippen LogP) is 3.98. The van der Waals surface area contributed by atoms with Gasteiger partial charge in [-0.05, 0) is 51.0 Å². The summed E-state index contributed by atoms with van der Waals surface area (Å²) >= 11 is 0. The molecule has 1 aliphatic heterocycles. The van der Waals surface area contributed by atoms with Gasteiger partial charge in [-0.2, -0.15) is 0 Å². The van der Waals surface area contributed by atoms with E-state index in [1.807, 2.05) is 13.8 Å². The Balaban J connectivity index is 2.05. The summed E-state index contributed by atoms with van der Waals surface area (Å²) in [5.41, 5.74) is 0.720. The smallest absolute Gasteiger partial charge is 0.238 e. The van der Waals surface area contributed by atoms with Crippen LogP contribution in [0.25, 0.3) is 22.3 Å². The molecule has 0 spiro atoms. The molecule has 4 rings (SSSR count). The lowest BCUT2D eigenvalue weighted by Gasteiger charge is -2.33. The summed E-state index contributed by atoms with van der Waals surface area (Å²) in [6, 6.07) is 7.75. The number of fused-ring (bicyclic) bond motifs is 3. The van der Waals surface area contributed by atoms with E-state index in [9.17, 15) is 15.0 Å². The molecule has 0 aliphatic carbocycles. The van der Waals surface area contributed by atoms with Crippen molar-refractivity contribution in [1.29, 1.82) is 0 Å². The van der Waals surface area contributed by atoms with Crippen molar-refractivity contribution in [2.75, 3.05) is 7.11 Å². The Labute approximate surface area is 155 Å². The molecule has 2 N–H and O–H groups in total. The van der Waals surface area contributed by atoms with Crippen LogP contribution in [0.1, 0.15) is 25.8 Å². The molecule has 0 amide bonds. The summed E-state index contributed by atoms with van der Waals surface area (Å²) in [4.78, 5) is 12.9. The van der Waals surface area contributed by atoms with Crippen LogP contribution in [0.4, 0.5) is 0 Å². The minimum atomic E-state index is -0.566. The lowest BCUT2D eigenvalue weighted by Crippen LogP contribution is -2.32. The Hall–Kier alpha value is -3.15. The second-order valence-corrected chi connectivity index (χ2v) is 7.28. The largest absolute Gasteiger partial charge is 0.508 e. The van der Waals surface area contributed by atoms with Crippen molar-refractivity contribution < 1.29 is 24.1 Å². The van der Waals surface area contributed by atoms with E-state index >= 15 is 0 Å². The molecule has 0 radical (unpaired) electrons. The Bertz CT molecular complexity index is 1090. The molecule has 0 bridgehead atoms. The van der Waals surface area contributed by atoms with Crippen LogP contribution in [-0.4, -0.2) is 22.9 Å². The molecular formula is C21H20O6. The van der Waals surface area contributed by atoms with E-state index in [2.05, 4.69) is 0 Å². The number of aromatic hydroxyl groups is 2. The van der Waals surface area contributed by atoms with E-state index in [-0.39, 0.29) is 22.5 Å². The lowest BCUT2D eigenvalue weighted by atomic mass is 9.92. The first-order valence-corrected chi connectivity index (χ1v) is 8.69. The standard InChI is InChI=1S/C21H20O6/c1-21(2)9-8-13-14(27-21)10-15(25-3)16-17(23)18(24)19(26-20(13)16)11-4-6-12(22)7-5-11/h4-7,10,22,24H,8-9H2,1-3H3. The highest BCUT2D eigenvalue weighted by Crippen LogP contribution is 2.43. The summed E-state index contributed by atoms with van der Waals surface area (Å²) in [5, 5.41) is 20.2. The van der Waals surface area contributed by atoms with E-state index in [0.717, 1.165) is 12.0 Å². The molecule has 6 nitrogen and oxygen atoms in total. The number of phenols is 1. The molecule has 0 saturated carbocycles. The molecule has 2 aromatic carbocycles. The molecule has 1 aliphatic rings. The molecule has 2 heterocycles. The lowest BCUT2D eigenvalue weighted by molar-refractivity contribution is 0.0846. The van der Waals surface area contributed by atoms with Gasteiger partial charge in [0.25, 0.3) is 0 Å². The average Bonchev–Trinajstić information content (AvgIpc) is 2.63. The quantitative estimate of drug-likeness (QED) is 0.711. The summed E-state index contributed by atoms with van der Waals surface area (Å²) in [6.07, 6.45) is 1.44. The Morgan fingerprint density at radius 1 is 1.15 bits per heavy atom. The maximum atomic E-state index is 12.9. The van der Waals surface area contributed by atoms with Gasteiger partial charge in [-0.25, -0.2) is 0 Å². The number of benzene rings is 2. The molecule has 0 atom stereocenters. The molecule has 3 aromatic rings. The van der Waals surface area contributed by atoms with Crippen molar-refractivity contribution in [1.82, 2.24) is 0 Å². The first-order chi connectivity index (χ1) is 12.8. The number of aryl methyl sites for hydroxylation is 1. The van der Waals surface area contributed by atoms with Gasteiger partial charge in [0.2, 0.25) is 11.2 Å². The maximum Gasteiger partial charge on any atom is 0.238 e. The first-order valence-electron chi connectivity index (χ1n) is 8.69. The van der Waals surface area contributed by atoms with Gasteiger partial charge < -0.3 is 24.1 Å². The average molecular weight is 368 g/mol. The van der Waals surface area contributed by atoms with E-state index < -0.39 is 11.2 Å². The van der Waals surface area contributed by atoms with Gasteiger partial charge in [0.05, 0.1) is 7.11 Å². The van der Waals surface area contributed by atoms with Crippen LogP contribution in [0.3, 0.4) is 0 Å². The van der Waals surface area contributed by atoms with E-state index in [1.54, 1.807) is 18.2 Å². The fourth-order valence-corrected chi connectivity index (χ4v) is 3.42. The highest BCUT2D eigenvalue weighted by molar-refractivity contribution is 5.91. The van der Waals surface area contributed by atoms with Crippen molar-refractivity contribution in [2.45, 2.75) is 32.3 Å². The minimum Gasteiger partial charge on any atom is -0.508 e. The van der Waals surface area contributed by atoms with Crippen LogP contribution in [-0.2, 0) is 6.42 Å². The molecule has 6 heteroatoms. The highest BCUT2D eigenvalue weighted by Gasteiger charge is 2.31. The summed E-state index contributed by atoms with van der Waals surface area (Å²) < 4.78 is 17.5. The second-order valence-electron chi connectivity index (χ2n) is 7.28. The third-order valence-electron chi connectivity index (χ3n) is 4.88. The van der Waals surface area contributed by atoms with Gasteiger partial charge in [-0.3, -0.25) is 4.79 Å². The van der Waals surface area contributed by atoms with Crippen LogP contribution in [0, 0.1) is 0 Å². The fourth-order valence-electron chi connectivity index (χ4n) is 3.42. The zero-order valence-corrected chi connectivity index (χ0v) is 15.3. The first kappa shape index (κ1) is 17.3. The van der Waals surface area contributed by atoms with Gasteiger partial charge in [-0.1, -0.05) is 0 Å². The van der Waals surface area contributed by atoms with Crippen LogP contribution >= 0.6 is 0 Å². The minimum absolute atomic E-state index is 0.0489. The summed E-state index contributed by atoms with van der Waals surface area (Å²) in [7, 11) is 1.46. The van der Waals surface area contributed by atoms with Crippen molar-refractivity contribution in [3.63, 3.8) is 0 Å². The molecule has 0 fully saturated rings. The van der Waals surface area contributed by atoms with Gasteiger partial charge in [-0.15, -0.1) is 0 Å². The molecule has 1 aromatic heterocycles. The van der Waals surface area contributed by atoms with Gasteiger partial charge in [0.15, 0.2) is 5.76 Å². The highest BCUT2D eigenvalue weighted by atomic mass is 16.5. The number of rotatable bonds is 2. The number of phenolic OH excluding ortho intramolecular Hbond substituents is 1. The summed E-state index contributed by atoms with van der Waals surface area (Å²) in [6.45, 7) is 4.00. The maximum absolute atomic E-state index is 12.9. The SMILES string of the molecule is COc1cc2c(c3oc(-c4ccc(O)cc4)c(O)c(=O)c13)CCC(C)(C)O2. The third kappa shape index (κ3) is 2.77. The normalized spacial score (nSPS) is 15.2. The third-order valence-corrected chi connectivity index (χ3v) is 4.88. The van der Waals surface area contributed by atoms with Crippen molar-refractivity contribution >= 4 is 11.0 Å². The van der Waals surface area contributed by atoms with Crippen molar-refractivity contribution in [3.8, 4) is 34.3 Å². The zero-order chi connectivity index (χ0) is 19.3. The molecule has 140 valence electrons. The summed E-state index contributed by atoms with van der Waals surface area (Å²) in [5.74, 6) is 0.538. The van der Waals surface area contributed by atoms with Crippen molar-refractivity contribution in [2.24, 2.45) is 0 Å². The number of hydrogen-bond acceptors (Lipinski definition) is 6.